The predicted molar refractivity (Wildman–Crippen MR) is 29.2 cm³/mol. The third-order valence-corrected chi connectivity index (χ3v) is 7.08. The van der Waals surface area contributed by atoms with Gasteiger partial charge in [0.1, 0.15) is 0 Å². The minimum atomic E-state index is -2.52. The summed E-state index contributed by atoms with van der Waals surface area (Å²) in [6.45, 7) is 0. The summed E-state index contributed by atoms with van der Waals surface area (Å²) < 4.78 is 21.4. The molecule has 4 heteroatoms. The van der Waals surface area contributed by atoms with Crippen molar-refractivity contribution in [3.05, 3.63) is 0 Å². The fourth-order valence-electron chi connectivity index (χ4n) is 0.431. The molecule has 2 nitrogen and oxygen atoms in total. The summed E-state index contributed by atoms with van der Waals surface area (Å²) in [5, 5.41) is 0.940. The summed E-state index contributed by atoms with van der Waals surface area (Å²) in [4.78, 5) is 0. The van der Waals surface area contributed by atoms with Crippen LogP contribution in [0.15, 0.2) is 0 Å². The molecule has 1 heterocycles. The van der Waals surface area contributed by atoms with Crippen LogP contribution < -0.4 is 0 Å². The van der Waals surface area contributed by atoms with Crippen LogP contribution in [-0.2, 0) is 9.84 Å². The maximum absolute atomic E-state index is 10.4. The molecule has 0 amide bonds. The normalized spacial score (nSPS) is 28.0. The van der Waals surface area contributed by atoms with E-state index < -0.39 is 9.84 Å². The van der Waals surface area contributed by atoms with Crippen molar-refractivity contribution in [1.29, 1.82) is 0 Å². The van der Waals surface area contributed by atoms with Crippen molar-refractivity contribution in [3.63, 3.8) is 0 Å². The van der Waals surface area contributed by atoms with E-state index in [0.29, 0.717) is 25.4 Å². The molecule has 0 aliphatic carbocycles. The number of hydrogen-bond acceptors (Lipinski definition) is 2. The summed E-state index contributed by atoms with van der Waals surface area (Å²) in [6, 6.07) is 0. The Morgan fingerprint density at radius 1 is 1.43 bits per heavy atom. The Morgan fingerprint density at radius 2 is 2.14 bits per heavy atom. The molecule has 1 fully saturated rings. The number of rotatable bonds is 0. The number of hydrogen-bond donors (Lipinski definition) is 0. The molecule has 1 saturated heterocycles. The number of sulfone groups is 1. The first kappa shape index (κ1) is 5.60. The second kappa shape index (κ2) is 1.77. The molecule has 1 aliphatic heterocycles. The first-order chi connectivity index (χ1) is 3.21. The van der Waals surface area contributed by atoms with Gasteiger partial charge < -0.3 is 0 Å². The standard InChI is InChI=1S/C3H6O2SSe/c4-6(5)1-2-7-3-6/h1-3H2. The molecule has 7 heavy (non-hydrogen) atoms. The quantitative estimate of drug-likeness (QED) is 0.476. The van der Waals surface area contributed by atoms with Crippen LogP contribution in [0.25, 0.3) is 0 Å². The van der Waals surface area contributed by atoms with Crippen molar-refractivity contribution >= 4 is 24.8 Å². The van der Waals surface area contributed by atoms with E-state index in [1.807, 2.05) is 0 Å². The monoisotopic (exact) mass is 186 g/mol. The Kier molecular flexibility index (Phi) is 1.41. The van der Waals surface area contributed by atoms with Gasteiger partial charge in [0, 0.05) is 0 Å². The van der Waals surface area contributed by atoms with Gasteiger partial charge in [-0.25, -0.2) is 0 Å². The van der Waals surface area contributed by atoms with E-state index in [-0.39, 0.29) is 0 Å². The molecule has 0 saturated carbocycles. The van der Waals surface area contributed by atoms with Gasteiger partial charge >= 0.3 is 48.9 Å². The zero-order valence-electron chi connectivity index (χ0n) is 3.75. The minimum absolute atomic E-state index is 0.416. The fraction of sp³-hybridized carbons (Fsp3) is 1.00. The SMILES string of the molecule is O=S1(=O)CC[Se]C1. The molecule has 0 N–H and O–H groups in total. The third kappa shape index (κ3) is 1.44. The molecule has 42 valence electrons. The Hall–Kier alpha value is 0.469. The fourth-order valence-corrected chi connectivity index (χ4v) is 6.71. The molecule has 0 spiro atoms. The van der Waals surface area contributed by atoms with Crippen LogP contribution in [0.3, 0.4) is 0 Å². The Bertz CT molecular complexity index is 136. The van der Waals surface area contributed by atoms with Gasteiger partial charge in [0.05, 0.1) is 0 Å². The summed E-state index contributed by atoms with van der Waals surface area (Å²) in [6.07, 6.45) is 0. The Morgan fingerprint density at radius 3 is 2.29 bits per heavy atom. The van der Waals surface area contributed by atoms with Gasteiger partial charge in [-0.15, -0.1) is 0 Å². The van der Waals surface area contributed by atoms with Crippen LogP contribution in [0.4, 0.5) is 0 Å². The van der Waals surface area contributed by atoms with Gasteiger partial charge in [-0.1, -0.05) is 0 Å². The average Bonchev–Trinajstić information content (AvgIpc) is 1.84. The van der Waals surface area contributed by atoms with E-state index in [1.54, 1.807) is 0 Å². The van der Waals surface area contributed by atoms with Crippen molar-refractivity contribution in [2.24, 2.45) is 0 Å². The van der Waals surface area contributed by atoms with Gasteiger partial charge in [0.25, 0.3) is 0 Å². The molecule has 0 atom stereocenters. The Balaban J connectivity index is 2.76. The second-order valence-electron chi connectivity index (χ2n) is 1.47. The van der Waals surface area contributed by atoms with Crippen molar-refractivity contribution in [2.45, 2.75) is 5.32 Å². The van der Waals surface area contributed by atoms with Crippen molar-refractivity contribution in [3.8, 4) is 0 Å². The molecule has 0 unspecified atom stereocenters. The summed E-state index contributed by atoms with van der Waals surface area (Å²) >= 11 is 0.416. The van der Waals surface area contributed by atoms with Crippen LogP contribution in [0.5, 0.6) is 0 Å². The molecule has 0 bridgehead atoms. The first-order valence-corrected chi connectivity index (χ1v) is 6.23. The van der Waals surface area contributed by atoms with Crippen LogP contribution in [0, 0.1) is 0 Å². The molecule has 0 aromatic rings. The van der Waals surface area contributed by atoms with Gasteiger partial charge in [0.2, 0.25) is 0 Å². The van der Waals surface area contributed by atoms with E-state index >= 15 is 0 Å². The predicted octanol–water partition coefficient (Wildman–Crippen LogP) is -0.505. The van der Waals surface area contributed by atoms with E-state index in [9.17, 15) is 8.42 Å². The molecule has 1 aliphatic rings. The van der Waals surface area contributed by atoms with Crippen molar-refractivity contribution in [1.82, 2.24) is 0 Å². The van der Waals surface area contributed by atoms with Gasteiger partial charge in [-0.2, -0.15) is 0 Å². The summed E-state index contributed by atoms with van der Waals surface area (Å²) in [5.74, 6) is 0.451. The zero-order chi connectivity index (χ0) is 5.33. The van der Waals surface area contributed by atoms with Gasteiger partial charge in [0.15, 0.2) is 0 Å². The molecular weight excluding hydrogens is 179 g/mol. The van der Waals surface area contributed by atoms with Gasteiger partial charge in [-0.3, -0.25) is 0 Å². The average molecular weight is 185 g/mol. The van der Waals surface area contributed by atoms with E-state index in [4.69, 9.17) is 0 Å². The summed E-state index contributed by atoms with van der Waals surface area (Å²) in [7, 11) is -2.52. The molecule has 1 rings (SSSR count). The van der Waals surface area contributed by atoms with Crippen LogP contribution in [0.2, 0.25) is 5.32 Å². The molecule has 0 radical (unpaired) electrons. The van der Waals surface area contributed by atoms with Crippen LogP contribution >= 0.6 is 0 Å². The zero-order valence-corrected chi connectivity index (χ0v) is 6.28. The molecular formula is C3H6O2SSe. The van der Waals surface area contributed by atoms with Crippen molar-refractivity contribution < 1.29 is 8.42 Å². The second-order valence-corrected chi connectivity index (χ2v) is 6.80. The van der Waals surface area contributed by atoms with E-state index in [2.05, 4.69) is 0 Å². The first-order valence-electron chi connectivity index (χ1n) is 1.99. The van der Waals surface area contributed by atoms with Crippen LogP contribution in [0.1, 0.15) is 0 Å². The topological polar surface area (TPSA) is 34.1 Å². The molecule has 0 aromatic heterocycles. The van der Waals surface area contributed by atoms with E-state index in [0.717, 1.165) is 5.32 Å². The molecule has 0 aromatic carbocycles. The Labute approximate surface area is 49.4 Å². The van der Waals surface area contributed by atoms with Gasteiger partial charge in [-0.05, 0) is 0 Å². The third-order valence-electron chi connectivity index (χ3n) is 0.802. The van der Waals surface area contributed by atoms with Crippen molar-refractivity contribution in [2.75, 3.05) is 10.4 Å². The van der Waals surface area contributed by atoms with E-state index in [1.165, 1.54) is 0 Å². The summed E-state index contributed by atoms with van der Waals surface area (Å²) in [5.41, 5.74) is 0. The maximum atomic E-state index is 10.4. The van der Waals surface area contributed by atoms with Crippen LogP contribution in [-0.4, -0.2) is 33.8 Å².